The lowest BCUT2D eigenvalue weighted by Gasteiger charge is -2.04. The van der Waals surface area contributed by atoms with Gasteiger partial charge in [-0.1, -0.05) is 31.9 Å². The molecular weight excluding hydrogens is 158 g/mol. The van der Waals surface area contributed by atoms with Crippen molar-refractivity contribution in [1.82, 2.24) is 0 Å². The van der Waals surface area contributed by atoms with Crippen LogP contribution in [0, 0.1) is 6.92 Å². The minimum Gasteiger partial charge on any atom is -0.399 e. The molecule has 0 amide bonds. The summed E-state index contributed by atoms with van der Waals surface area (Å²) in [5.74, 6) is 0. The van der Waals surface area contributed by atoms with Gasteiger partial charge in [0.2, 0.25) is 0 Å². The first kappa shape index (κ1) is 10.1. The molecule has 0 saturated heterocycles. The Hall–Kier alpha value is -0.980. The molecule has 72 valence electrons. The van der Waals surface area contributed by atoms with Crippen molar-refractivity contribution in [3.8, 4) is 0 Å². The third-order valence-corrected chi connectivity index (χ3v) is 2.40. The number of nitrogens with two attached hydrogens (primary N) is 1. The van der Waals surface area contributed by atoms with Crippen molar-refractivity contribution < 1.29 is 0 Å². The van der Waals surface area contributed by atoms with Crippen molar-refractivity contribution in [1.29, 1.82) is 0 Å². The number of nitrogen functional groups attached to an aromatic ring is 1. The van der Waals surface area contributed by atoms with Gasteiger partial charge in [-0.15, -0.1) is 0 Å². The Morgan fingerprint density at radius 1 is 1.23 bits per heavy atom. The lowest BCUT2D eigenvalue weighted by molar-refractivity contribution is 0.717. The SMILES string of the molecule is CCCCCc1ccc(N)c(C)c1. The maximum absolute atomic E-state index is 5.74. The second-order valence-corrected chi connectivity index (χ2v) is 3.65. The van der Waals surface area contributed by atoms with E-state index in [1.165, 1.54) is 36.8 Å². The molecule has 0 atom stereocenters. The van der Waals surface area contributed by atoms with E-state index in [9.17, 15) is 0 Å². The Kier molecular flexibility index (Phi) is 3.81. The number of hydrogen-bond donors (Lipinski definition) is 1. The number of unbranched alkanes of at least 4 members (excludes halogenated alkanes) is 2. The van der Waals surface area contributed by atoms with Gasteiger partial charge in [-0.25, -0.2) is 0 Å². The minimum atomic E-state index is 0.902. The highest BCUT2D eigenvalue weighted by atomic mass is 14.5. The predicted molar refractivity (Wildman–Crippen MR) is 58.8 cm³/mol. The number of aryl methyl sites for hydroxylation is 2. The third-order valence-electron chi connectivity index (χ3n) is 2.40. The van der Waals surface area contributed by atoms with E-state index in [1.807, 2.05) is 6.07 Å². The van der Waals surface area contributed by atoms with Gasteiger partial charge >= 0.3 is 0 Å². The van der Waals surface area contributed by atoms with Gasteiger partial charge in [0.25, 0.3) is 0 Å². The minimum absolute atomic E-state index is 0.902. The molecule has 0 aliphatic rings. The second-order valence-electron chi connectivity index (χ2n) is 3.65. The molecule has 0 aliphatic heterocycles. The van der Waals surface area contributed by atoms with Crippen molar-refractivity contribution in [2.24, 2.45) is 0 Å². The molecule has 0 fully saturated rings. The molecule has 0 spiro atoms. The van der Waals surface area contributed by atoms with E-state index < -0.39 is 0 Å². The summed E-state index contributed by atoms with van der Waals surface area (Å²) < 4.78 is 0. The second kappa shape index (κ2) is 4.90. The number of benzene rings is 1. The van der Waals surface area contributed by atoms with Gasteiger partial charge in [0.15, 0.2) is 0 Å². The fourth-order valence-electron chi connectivity index (χ4n) is 1.47. The van der Waals surface area contributed by atoms with Crippen LogP contribution in [-0.4, -0.2) is 0 Å². The van der Waals surface area contributed by atoms with Crippen LogP contribution >= 0.6 is 0 Å². The van der Waals surface area contributed by atoms with Gasteiger partial charge in [0, 0.05) is 5.69 Å². The Morgan fingerprint density at radius 2 is 2.00 bits per heavy atom. The van der Waals surface area contributed by atoms with Crippen LogP contribution in [0.4, 0.5) is 5.69 Å². The number of rotatable bonds is 4. The van der Waals surface area contributed by atoms with Crippen LogP contribution in [0.15, 0.2) is 18.2 Å². The largest absolute Gasteiger partial charge is 0.399 e. The lowest BCUT2D eigenvalue weighted by Crippen LogP contribution is -1.92. The van der Waals surface area contributed by atoms with Crippen molar-refractivity contribution in [3.63, 3.8) is 0 Å². The van der Waals surface area contributed by atoms with Gasteiger partial charge in [0.05, 0.1) is 0 Å². The van der Waals surface area contributed by atoms with Crippen LogP contribution in [0.3, 0.4) is 0 Å². The first-order chi connectivity index (χ1) is 6.24. The van der Waals surface area contributed by atoms with Gasteiger partial charge in [-0.2, -0.15) is 0 Å². The summed E-state index contributed by atoms with van der Waals surface area (Å²) in [6, 6.07) is 6.35. The molecule has 1 aromatic carbocycles. The van der Waals surface area contributed by atoms with Crippen LogP contribution in [-0.2, 0) is 6.42 Å². The lowest BCUT2D eigenvalue weighted by atomic mass is 10.0. The molecule has 0 bridgehead atoms. The fraction of sp³-hybridized carbons (Fsp3) is 0.500. The number of anilines is 1. The van der Waals surface area contributed by atoms with E-state index in [0.29, 0.717) is 0 Å². The Labute approximate surface area is 81.0 Å². The summed E-state index contributed by atoms with van der Waals surface area (Å²) in [6.07, 6.45) is 5.09. The fourth-order valence-corrected chi connectivity index (χ4v) is 1.47. The predicted octanol–water partition coefficient (Wildman–Crippen LogP) is 3.31. The van der Waals surface area contributed by atoms with Crippen LogP contribution in [0.25, 0.3) is 0 Å². The quantitative estimate of drug-likeness (QED) is 0.554. The van der Waals surface area contributed by atoms with E-state index in [0.717, 1.165) is 5.69 Å². The molecule has 0 aliphatic carbocycles. The molecule has 2 N–H and O–H groups in total. The van der Waals surface area contributed by atoms with E-state index in [2.05, 4.69) is 26.0 Å². The van der Waals surface area contributed by atoms with Crippen molar-refractivity contribution in [2.75, 3.05) is 5.73 Å². The van der Waals surface area contributed by atoms with Gasteiger partial charge in [-0.05, 0) is 37.0 Å². The zero-order valence-electron chi connectivity index (χ0n) is 8.64. The molecule has 1 aromatic rings. The maximum Gasteiger partial charge on any atom is 0.0343 e. The van der Waals surface area contributed by atoms with Crippen LogP contribution in [0.2, 0.25) is 0 Å². The molecule has 1 heteroatoms. The molecule has 1 nitrogen and oxygen atoms in total. The zero-order valence-corrected chi connectivity index (χ0v) is 8.64. The summed E-state index contributed by atoms with van der Waals surface area (Å²) in [5.41, 5.74) is 9.27. The van der Waals surface area contributed by atoms with Gasteiger partial charge < -0.3 is 5.73 Å². The first-order valence-electron chi connectivity index (χ1n) is 5.09. The van der Waals surface area contributed by atoms with E-state index in [4.69, 9.17) is 5.73 Å². The van der Waals surface area contributed by atoms with Gasteiger partial charge in [-0.3, -0.25) is 0 Å². The molecule has 0 saturated carbocycles. The normalized spacial score (nSPS) is 10.3. The molecular formula is C12H19N. The summed E-state index contributed by atoms with van der Waals surface area (Å²) in [5, 5.41) is 0. The van der Waals surface area contributed by atoms with E-state index >= 15 is 0 Å². The van der Waals surface area contributed by atoms with Crippen molar-refractivity contribution in [2.45, 2.75) is 39.5 Å². The highest BCUT2D eigenvalue weighted by molar-refractivity contribution is 5.47. The highest BCUT2D eigenvalue weighted by Gasteiger charge is 1.96. The molecule has 13 heavy (non-hydrogen) atoms. The average Bonchev–Trinajstić information content (AvgIpc) is 2.12. The Balaban J connectivity index is 2.53. The smallest absolute Gasteiger partial charge is 0.0343 e. The molecule has 0 unspecified atom stereocenters. The average molecular weight is 177 g/mol. The Morgan fingerprint density at radius 3 is 2.62 bits per heavy atom. The van der Waals surface area contributed by atoms with Crippen molar-refractivity contribution in [3.05, 3.63) is 29.3 Å². The molecule has 0 heterocycles. The standard InChI is InChI=1S/C12H19N/c1-3-4-5-6-11-7-8-12(13)10(2)9-11/h7-9H,3-6,13H2,1-2H3. The molecule has 0 aromatic heterocycles. The van der Waals surface area contributed by atoms with Crippen molar-refractivity contribution >= 4 is 5.69 Å². The summed E-state index contributed by atoms with van der Waals surface area (Å²) in [7, 11) is 0. The summed E-state index contributed by atoms with van der Waals surface area (Å²) in [4.78, 5) is 0. The zero-order chi connectivity index (χ0) is 9.68. The van der Waals surface area contributed by atoms with E-state index in [-0.39, 0.29) is 0 Å². The first-order valence-corrected chi connectivity index (χ1v) is 5.09. The number of hydrogen-bond acceptors (Lipinski definition) is 1. The summed E-state index contributed by atoms with van der Waals surface area (Å²) >= 11 is 0. The van der Waals surface area contributed by atoms with E-state index in [1.54, 1.807) is 0 Å². The third kappa shape index (κ3) is 3.10. The van der Waals surface area contributed by atoms with Gasteiger partial charge in [0.1, 0.15) is 0 Å². The summed E-state index contributed by atoms with van der Waals surface area (Å²) in [6.45, 7) is 4.30. The maximum atomic E-state index is 5.74. The molecule has 0 radical (unpaired) electrons. The van der Waals surface area contributed by atoms with Crippen LogP contribution in [0.5, 0.6) is 0 Å². The monoisotopic (exact) mass is 177 g/mol. The van der Waals surface area contributed by atoms with Crippen LogP contribution in [0.1, 0.15) is 37.3 Å². The molecule has 1 rings (SSSR count). The topological polar surface area (TPSA) is 26.0 Å². The Bertz CT molecular complexity index is 266. The van der Waals surface area contributed by atoms with Crippen LogP contribution < -0.4 is 5.73 Å². The highest BCUT2D eigenvalue weighted by Crippen LogP contribution is 2.14.